The number of nitrogens with zero attached hydrogens (tertiary/aromatic N) is 2. The molecule has 1 heterocycles. The van der Waals surface area contributed by atoms with E-state index in [1.54, 1.807) is 0 Å². The molecule has 0 amide bonds. The maximum Gasteiger partial charge on any atom is 0.363 e. The van der Waals surface area contributed by atoms with Gasteiger partial charge >= 0.3 is 11.8 Å². The van der Waals surface area contributed by atoms with Crippen molar-refractivity contribution in [2.24, 2.45) is 5.41 Å². The Hall–Kier alpha value is -2.07. The smallest absolute Gasteiger partial charge is 0.363 e. The summed E-state index contributed by atoms with van der Waals surface area (Å²) in [4.78, 5) is 24.1. The zero-order chi connectivity index (χ0) is 15.7. The Bertz CT molecular complexity index is 666. The number of carboxylic acids is 1. The fourth-order valence-corrected chi connectivity index (χ4v) is 3.10. The first kappa shape index (κ1) is 15.3. The van der Waals surface area contributed by atoms with E-state index in [1.165, 1.54) is 0 Å². The van der Waals surface area contributed by atoms with E-state index in [9.17, 15) is 23.3 Å². The lowest BCUT2D eigenvalue weighted by molar-refractivity contribution is -0.389. The van der Waals surface area contributed by atoms with Gasteiger partial charge < -0.3 is 15.2 Å². The predicted octanol–water partition coefficient (Wildman–Crippen LogP) is 0.523. The van der Waals surface area contributed by atoms with E-state index in [0.717, 1.165) is 24.8 Å². The molecule has 1 aromatic heterocycles. The van der Waals surface area contributed by atoms with Gasteiger partial charge in [0, 0.05) is 12.6 Å². The molecule has 0 atom stereocenters. The molecular weight excluding hydrogens is 302 g/mol. The van der Waals surface area contributed by atoms with Gasteiger partial charge in [0.05, 0.1) is 5.41 Å². The lowest BCUT2D eigenvalue weighted by Gasteiger charge is -2.37. The Morgan fingerprint density at radius 2 is 2.14 bits per heavy atom. The van der Waals surface area contributed by atoms with Crippen LogP contribution in [0, 0.1) is 15.5 Å². The number of nitro groups is 1. The van der Waals surface area contributed by atoms with Gasteiger partial charge in [-0.1, -0.05) is 6.42 Å². The van der Waals surface area contributed by atoms with Gasteiger partial charge in [0.25, 0.3) is 0 Å². The van der Waals surface area contributed by atoms with Gasteiger partial charge in [0.15, 0.2) is 6.20 Å². The van der Waals surface area contributed by atoms with Gasteiger partial charge in [-0.25, -0.2) is 13.1 Å². The van der Waals surface area contributed by atoms with Crippen molar-refractivity contribution in [3.63, 3.8) is 0 Å². The number of aliphatic carboxylic acids is 1. The molecule has 2 rings (SSSR count). The van der Waals surface area contributed by atoms with Crippen LogP contribution in [0.2, 0.25) is 0 Å². The molecule has 0 saturated heterocycles. The molecule has 1 fully saturated rings. The number of carboxylic acid groups (broad SMARTS) is 1. The summed E-state index contributed by atoms with van der Waals surface area (Å²) in [5.41, 5.74) is -1.05. The lowest BCUT2D eigenvalue weighted by Crippen LogP contribution is -2.47. The third kappa shape index (κ3) is 3.00. The van der Waals surface area contributed by atoms with E-state index < -0.39 is 32.1 Å². The van der Waals surface area contributed by atoms with E-state index in [0.29, 0.717) is 12.8 Å². The van der Waals surface area contributed by atoms with E-state index >= 15 is 0 Å². The van der Waals surface area contributed by atoms with E-state index in [1.807, 2.05) is 0 Å². The topological polar surface area (TPSA) is 140 Å². The normalized spacial score (nSPS) is 17.0. The van der Waals surface area contributed by atoms with E-state index in [2.05, 4.69) is 9.71 Å². The third-order valence-electron chi connectivity index (χ3n) is 3.58. The van der Waals surface area contributed by atoms with Crippen molar-refractivity contribution in [1.29, 1.82) is 0 Å². The summed E-state index contributed by atoms with van der Waals surface area (Å²) in [6.45, 7) is -0.207. The Morgan fingerprint density at radius 3 is 2.52 bits per heavy atom. The Labute approximate surface area is 120 Å². The maximum absolute atomic E-state index is 12.0. The second-order valence-corrected chi connectivity index (χ2v) is 6.64. The molecule has 0 unspecified atom stereocenters. The number of pyridine rings is 1. The van der Waals surface area contributed by atoms with Crippen molar-refractivity contribution < 1.29 is 23.2 Å². The highest BCUT2D eigenvalue weighted by molar-refractivity contribution is 7.89. The molecule has 10 heteroatoms. The number of carbonyl (C=O) groups is 1. The number of sulfonamides is 1. The summed E-state index contributed by atoms with van der Waals surface area (Å²) in [6, 6.07) is 2.03. The predicted molar refractivity (Wildman–Crippen MR) is 70.0 cm³/mol. The molecule has 0 radical (unpaired) electrons. The number of rotatable bonds is 6. The largest absolute Gasteiger partial charge is 0.481 e. The molecule has 0 spiro atoms. The Balaban J connectivity index is 2.11. The number of aromatic nitrogens is 1. The van der Waals surface area contributed by atoms with E-state index in [4.69, 9.17) is 5.11 Å². The first-order valence-corrected chi connectivity index (χ1v) is 7.59. The molecule has 21 heavy (non-hydrogen) atoms. The van der Waals surface area contributed by atoms with Crippen molar-refractivity contribution in [2.75, 3.05) is 6.54 Å². The van der Waals surface area contributed by atoms with Gasteiger partial charge in [-0.05, 0) is 28.8 Å². The average Bonchev–Trinajstić information content (AvgIpc) is 2.37. The highest BCUT2D eigenvalue weighted by atomic mass is 32.2. The molecule has 114 valence electrons. The Kier molecular flexibility index (Phi) is 3.92. The summed E-state index contributed by atoms with van der Waals surface area (Å²) in [7, 11) is -3.94. The molecular formula is C11H13N3O6S. The molecule has 2 N–H and O–H groups in total. The minimum atomic E-state index is -3.94. The van der Waals surface area contributed by atoms with Crippen molar-refractivity contribution in [3.8, 4) is 0 Å². The second kappa shape index (κ2) is 5.37. The quantitative estimate of drug-likeness (QED) is 0.576. The highest BCUT2D eigenvalue weighted by Gasteiger charge is 2.45. The molecule has 1 aromatic rings. The summed E-state index contributed by atoms with van der Waals surface area (Å²) in [5, 5.41) is 19.6. The molecule has 0 bridgehead atoms. The minimum absolute atomic E-state index is 0.207. The number of nitrogens with one attached hydrogen (secondary N) is 1. The van der Waals surface area contributed by atoms with Crippen molar-refractivity contribution >= 4 is 21.8 Å². The van der Waals surface area contributed by atoms with Gasteiger partial charge in [-0.3, -0.25) is 4.79 Å². The van der Waals surface area contributed by atoms with Crippen molar-refractivity contribution in [3.05, 3.63) is 28.4 Å². The zero-order valence-electron chi connectivity index (χ0n) is 10.9. The van der Waals surface area contributed by atoms with Gasteiger partial charge in [-0.2, -0.15) is 0 Å². The first-order chi connectivity index (χ1) is 9.77. The standard InChI is InChI=1S/C11H13N3O6S/c15-10(16)11(4-1-5-11)7-13-21(19,20)8-2-3-9(12-6-8)14(17)18/h2-3,6,13H,1,4-5,7H2,(H,15,16). The summed E-state index contributed by atoms with van der Waals surface area (Å²) in [5.74, 6) is -1.49. The molecule has 1 aliphatic carbocycles. The SMILES string of the molecule is O=C(O)C1(CNS(=O)(=O)c2ccc([N+](=O)[O-])nc2)CCC1. The van der Waals surface area contributed by atoms with Crippen LogP contribution in [0.25, 0.3) is 0 Å². The minimum Gasteiger partial charge on any atom is -0.481 e. The average molecular weight is 315 g/mol. The van der Waals surface area contributed by atoms with Crippen LogP contribution < -0.4 is 4.72 Å². The van der Waals surface area contributed by atoms with Gasteiger partial charge in [0.1, 0.15) is 4.90 Å². The number of hydrogen-bond donors (Lipinski definition) is 2. The van der Waals surface area contributed by atoms with Crippen LogP contribution in [0.15, 0.2) is 23.2 Å². The third-order valence-corrected chi connectivity index (χ3v) is 4.97. The van der Waals surface area contributed by atoms with Gasteiger partial charge in [0.2, 0.25) is 10.0 Å². The van der Waals surface area contributed by atoms with Crippen LogP contribution in [0.1, 0.15) is 19.3 Å². The molecule has 0 aliphatic heterocycles. The molecule has 0 aromatic carbocycles. The summed E-state index contributed by atoms with van der Waals surface area (Å²) in [6.07, 6.45) is 2.45. The van der Waals surface area contributed by atoms with Crippen LogP contribution in [-0.2, 0) is 14.8 Å². The first-order valence-electron chi connectivity index (χ1n) is 6.10. The Morgan fingerprint density at radius 1 is 1.48 bits per heavy atom. The molecule has 1 saturated carbocycles. The molecule has 9 nitrogen and oxygen atoms in total. The van der Waals surface area contributed by atoms with E-state index in [-0.39, 0.29) is 11.4 Å². The van der Waals surface area contributed by atoms with Crippen molar-refractivity contribution in [2.45, 2.75) is 24.2 Å². The second-order valence-electron chi connectivity index (χ2n) is 4.87. The van der Waals surface area contributed by atoms with Crippen LogP contribution in [-0.4, -0.2) is 35.9 Å². The van der Waals surface area contributed by atoms with Crippen LogP contribution in [0.5, 0.6) is 0 Å². The highest BCUT2D eigenvalue weighted by Crippen LogP contribution is 2.40. The fraction of sp³-hybridized carbons (Fsp3) is 0.455. The monoisotopic (exact) mass is 315 g/mol. The van der Waals surface area contributed by atoms with Gasteiger partial charge in [-0.15, -0.1) is 0 Å². The zero-order valence-corrected chi connectivity index (χ0v) is 11.7. The maximum atomic E-state index is 12.0. The van der Waals surface area contributed by atoms with Crippen LogP contribution >= 0.6 is 0 Å². The fourth-order valence-electron chi connectivity index (χ4n) is 2.03. The summed E-state index contributed by atoms with van der Waals surface area (Å²) >= 11 is 0. The summed E-state index contributed by atoms with van der Waals surface area (Å²) < 4.78 is 26.2. The van der Waals surface area contributed by atoms with Crippen LogP contribution in [0.4, 0.5) is 5.82 Å². The lowest BCUT2D eigenvalue weighted by atomic mass is 9.69. The van der Waals surface area contributed by atoms with Crippen molar-refractivity contribution in [1.82, 2.24) is 9.71 Å². The van der Waals surface area contributed by atoms with Crippen LogP contribution in [0.3, 0.4) is 0 Å². The molecule has 1 aliphatic rings. The number of hydrogen-bond acceptors (Lipinski definition) is 6.